The van der Waals surface area contributed by atoms with Gasteiger partial charge in [0.2, 0.25) is 18.0 Å². The number of carbonyl (C=O) groups is 1. The zero-order valence-electron chi connectivity index (χ0n) is 17.1. The number of hydrogen-bond acceptors (Lipinski definition) is 5. The maximum absolute atomic E-state index is 12.2. The Morgan fingerprint density at radius 1 is 1.06 bits per heavy atom. The molecule has 0 bridgehead atoms. The molecule has 0 saturated heterocycles. The van der Waals surface area contributed by atoms with Crippen molar-refractivity contribution in [2.75, 3.05) is 7.11 Å². The molecular weight excluding hydrogens is 416 g/mol. The summed E-state index contributed by atoms with van der Waals surface area (Å²) in [5.41, 5.74) is 2.45. The standard InChI is InChI=1S/C24H21ClN2O4/c1-16(28)27-24(31-23(26-27)18-9-6-10-20(25)13-18)19-11-12-21(22(14-19)29-2)30-15-17-7-4-3-5-8-17/h3-14,24H,15H2,1-2H3/t24-/m1/s1. The van der Waals surface area contributed by atoms with E-state index in [2.05, 4.69) is 5.10 Å². The molecule has 0 saturated carbocycles. The van der Waals surface area contributed by atoms with E-state index >= 15 is 0 Å². The van der Waals surface area contributed by atoms with E-state index < -0.39 is 6.23 Å². The van der Waals surface area contributed by atoms with Gasteiger partial charge in [-0.2, -0.15) is 5.01 Å². The molecule has 1 atom stereocenters. The summed E-state index contributed by atoms with van der Waals surface area (Å²) in [7, 11) is 1.57. The average Bonchev–Trinajstić information content (AvgIpc) is 3.24. The average molecular weight is 437 g/mol. The van der Waals surface area contributed by atoms with Gasteiger partial charge in [-0.05, 0) is 42.0 Å². The van der Waals surface area contributed by atoms with E-state index in [-0.39, 0.29) is 5.91 Å². The van der Waals surface area contributed by atoms with Gasteiger partial charge >= 0.3 is 0 Å². The zero-order valence-corrected chi connectivity index (χ0v) is 17.9. The van der Waals surface area contributed by atoms with Gasteiger partial charge in [0.05, 0.1) is 7.11 Å². The van der Waals surface area contributed by atoms with Crippen molar-refractivity contribution in [1.82, 2.24) is 5.01 Å². The molecule has 1 aliphatic heterocycles. The number of rotatable bonds is 6. The van der Waals surface area contributed by atoms with Crippen LogP contribution < -0.4 is 9.47 Å². The summed E-state index contributed by atoms with van der Waals surface area (Å²) in [5, 5.41) is 6.22. The van der Waals surface area contributed by atoms with Gasteiger partial charge in [-0.25, -0.2) is 0 Å². The SMILES string of the molecule is COc1cc([C@H]2OC(c3cccc(Cl)c3)=NN2C(C)=O)ccc1OCc1ccccc1. The fraction of sp³-hybridized carbons (Fsp3) is 0.167. The molecule has 1 aliphatic rings. The summed E-state index contributed by atoms with van der Waals surface area (Å²) in [6, 6.07) is 22.4. The van der Waals surface area contributed by atoms with E-state index in [4.69, 9.17) is 25.8 Å². The third-order valence-corrected chi connectivity index (χ3v) is 4.98. The van der Waals surface area contributed by atoms with Gasteiger partial charge in [0.25, 0.3) is 0 Å². The summed E-state index contributed by atoms with van der Waals surface area (Å²) in [6.07, 6.45) is -0.719. The molecule has 0 spiro atoms. The largest absolute Gasteiger partial charge is 0.493 e. The van der Waals surface area contributed by atoms with Crippen LogP contribution in [0.1, 0.15) is 29.8 Å². The minimum Gasteiger partial charge on any atom is -0.493 e. The molecule has 7 heteroatoms. The maximum Gasteiger partial charge on any atom is 0.243 e. The Morgan fingerprint density at radius 3 is 2.58 bits per heavy atom. The second-order valence-electron chi connectivity index (χ2n) is 6.93. The Hall–Kier alpha value is -3.51. The van der Waals surface area contributed by atoms with Crippen LogP contribution in [0.15, 0.2) is 77.9 Å². The first-order valence-electron chi connectivity index (χ1n) is 9.71. The monoisotopic (exact) mass is 436 g/mol. The molecule has 0 N–H and O–H groups in total. The summed E-state index contributed by atoms with van der Waals surface area (Å²) in [5.74, 6) is 1.21. The highest BCUT2D eigenvalue weighted by atomic mass is 35.5. The van der Waals surface area contributed by atoms with Gasteiger partial charge in [-0.15, -0.1) is 5.10 Å². The van der Waals surface area contributed by atoms with Gasteiger partial charge in [0.15, 0.2) is 11.5 Å². The van der Waals surface area contributed by atoms with Crippen LogP contribution in [-0.2, 0) is 16.1 Å². The van der Waals surface area contributed by atoms with E-state index in [1.807, 2.05) is 42.5 Å². The predicted molar refractivity (Wildman–Crippen MR) is 118 cm³/mol. The number of hydrogen-bond donors (Lipinski definition) is 0. The number of benzene rings is 3. The highest BCUT2D eigenvalue weighted by Crippen LogP contribution is 2.36. The molecule has 3 aromatic carbocycles. The first-order valence-corrected chi connectivity index (χ1v) is 10.1. The summed E-state index contributed by atoms with van der Waals surface area (Å²) < 4.78 is 17.5. The molecule has 4 rings (SSSR count). The predicted octanol–water partition coefficient (Wildman–Crippen LogP) is 5.17. The second kappa shape index (κ2) is 9.10. The lowest BCUT2D eigenvalue weighted by Crippen LogP contribution is -2.25. The number of carbonyl (C=O) groups excluding carboxylic acids is 1. The molecule has 0 fully saturated rings. The van der Waals surface area contributed by atoms with Crippen molar-refractivity contribution in [2.45, 2.75) is 19.8 Å². The number of methoxy groups -OCH3 is 1. The fourth-order valence-corrected chi connectivity index (χ4v) is 3.40. The van der Waals surface area contributed by atoms with Gasteiger partial charge < -0.3 is 14.2 Å². The molecule has 3 aromatic rings. The fourth-order valence-electron chi connectivity index (χ4n) is 3.21. The minimum atomic E-state index is -0.719. The molecule has 0 unspecified atom stereocenters. The van der Waals surface area contributed by atoms with Crippen molar-refractivity contribution in [1.29, 1.82) is 0 Å². The van der Waals surface area contributed by atoms with Crippen molar-refractivity contribution in [3.8, 4) is 11.5 Å². The van der Waals surface area contributed by atoms with Crippen LogP contribution >= 0.6 is 11.6 Å². The third kappa shape index (κ3) is 4.64. The first-order chi connectivity index (χ1) is 15.0. The summed E-state index contributed by atoms with van der Waals surface area (Å²) in [6.45, 7) is 1.85. The van der Waals surface area contributed by atoms with Crippen LogP contribution in [0.4, 0.5) is 0 Å². The number of nitrogens with zero attached hydrogens (tertiary/aromatic N) is 2. The van der Waals surface area contributed by atoms with Gasteiger partial charge in [-0.3, -0.25) is 4.79 Å². The van der Waals surface area contributed by atoms with Gasteiger partial charge in [-0.1, -0.05) is 48.0 Å². The lowest BCUT2D eigenvalue weighted by atomic mass is 10.1. The number of ether oxygens (including phenoxy) is 3. The van der Waals surface area contributed by atoms with Crippen LogP contribution in [0, 0.1) is 0 Å². The zero-order chi connectivity index (χ0) is 21.8. The molecule has 31 heavy (non-hydrogen) atoms. The Morgan fingerprint density at radius 2 is 1.87 bits per heavy atom. The van der Waals surface area contributed by atoms with Crippen molar-refractivity contribution >= 4 is 23.4 Å². The molecule has 0 aliphatic carbocycles. The van der Waals surface area contributed by atoms with E-state index in [0.717, 1.165) is 5.56 Å². The topological polar surface area (TPSA) is 60.4 Å². The lowest BCUT2D eigenvalue weighted by Gasteiger charge is -2.20. The Bertz CT molecular complexity index is 1120. The molecule has 158 valence electrons. The Labute approximate surface area is 185 Å². The van der Waals surface area contributed by atoms with E-state index in [1.54, 1.807) is 37.4 Å². The van der Waals surface area contributed by atoms with Crippen LogP contribution in [0.3, 0.4) is 0 Å². The molecule has 6 nitrogen and oxygen atoms in total. The van der Waals surface area contributed by atoms with Crippen LogP contribution in [0.5, 0.6) is 11.5 Å². The summed E-state index contributed by atoms with van der Waals surface area (Å²) in [4.78, 5) is 12.2. The lowest BCUT2D eigenvalue weighted by molar-refractivity contribution is -0.135. The van der Waals surface area contributed by atoms with Crippen LogP contribution in [0.2, 0.25) is 5.02 Å². The molecule has 0 radical (unpaired) electrons. The van der Waals surface area contributed by atoms with Crippen molar-refractivity contribution in [3.63, 3.8) is 0 Å². The molecule has 1 amide bonds. The quantitative estimate of drug-likeness (QED) is 0.535. The highest BCUT2D eigenvalue weighted by Gasteiger charge is 2.33. The Balaban J connectivity index is 1.57. The molecular formula is C24H21ClN2O4. The van der Waals surface area contributed by atoms with Crippen molar-refractivity contribution in [2.24, 2.45) is 5.10 Å². The van der Waals surface area contributed by atoms with Gasteiger partial charge in [0, 0.05) is 23.1 Å². The number of hydrazone groups is 1. The highest BCUT2D eigenvalue weighted by molar-refractivity contribution is 6.31. The van der Waals surface area contributed by atoms with Crippen molar-refractivity contribution in [3.05, 3.63) is 94.5 Å². The second-order valence-corrected chi connectivity index (χ2v) is 7.37. The van der Waals surface area contributed by atoms with Crippen LogP contribution in [0.25, 0.3) is 0 Å². The number of halogens is 1. The number of amides is 1. The maximum atomic E-state index is 12.2. The van der Waals surface area contributed by atoms with Crippen LogP contribution in [-0.4, -0.2) is 23.9 Å². The van der Waals surface area contributed by atoms with Crippen molar-refractivity contribution < 1.29 is 19.0 Å². The third-order valence-electron chi connectivity index (χ3n) is 4.75. The first kappa shape index (κ1) is 20.8. The normalized spacial score (nSPS) is 15.3. The Kier molecular flexibility index (Phi) is 6.09. The minimum absolute atomic E-state index is 0.245. The summed E-state index contributed by atoms with van der Waals surface area (Å²) >= 11 is 6.09. The molecule has 1 heterocycles. The van der Waals surface area contributed by atoms with E-state index in [0.29, 0.717) is 40.2 Å². The van der Waals surface area contributed by atoms with Gasteiger partial charge in [0.1, 0.15) is 6.61 Å². The van der Waals surface area contributed by atoms with E-state index in [1.165, 1.54) is 11.9 Å². The van der Waals surface area contributed by atoms with E-state index in [9.17, 15) is 4.79 Å². The molecule has 0 aromatic heterocycles. The smallest absolute Gasteiger partial charge is 0.243 e.